The molecule has 0 spiro atoms. The van der Waals surface area contributed by atoms with Crippen molar-refractivity contribution in [1.29, 1.82) is 0 Å². The summed E-state index contributed by atoms with van der Waals surface area (Å²) in [6.07, 6.45) is 3.04. The average molecular weight is 430 g/mol. The molecule has 2 aromatic carbocycles. The molecule has 8 heteroatoms. The molecule has 0 atom stereocenters. The van der Waals surface area contributed by atoms with Gasteiger partial charge in [-0.1, -0.05) is 30.7 Å². The fourth-order valence-electron chi connectivity index (χ4n) is 3.43. The SMILES string of the molecule is CC(=O)Nc1ccc(CC(=O)NCc2cccc(S(=O)(=O)N3CCCCC3)c2)cc1. The van der Waals surface area contributed by atoms with E-state index in [-0.39, 0.29) is 29.7 Å². The molecule has 30 heavy (non-hydrogen) atoms. The van der Waals surface area contributed by atoms with Gasteiger partial charge in [0.15, 0.2) is 0 Å². The Hall–Kier alpha value is -2.71. The number of nitrogens with one attached hydrogen (secondary N) is 2. The molecule has 1 saturated heterocycles. The zero-order chi connectivity index (χ0) is 21.6. The smallest absolute Gasteiger partial charge is 0.243 e. The van der Waals surface area contributed by atoms with Gasteiger partial charge in [0.05, 0.1) is 11.3 Å². The number of benzene rings is 2. The lowest BCUT2D eigenvalue weighted by molar-refractivity contribution is -0.120. The van der Waals surface area contributed by atoms with Crippen LogP contribution >= 0.6 is 0 Å². The highest BCUT2D eigenvalue weighted by Gasteiger charge is 2.25. The molecule has 160 valence electrons. The number of nitrogens with zero attached hydrogens (tertiary/aromatic N) is 1. The lowest BCUT2D eigenvalue weighted by Crippen LogP contribution is -2.35. The first kappa shape index (κ1) is 22.0. The van der Waals surface area contributed by atoms with Crippen molar-refractivity contribution in [2.75, 3.05) is 18.4 Å². The number of sulfonamides is 1. The van der Waals surface area contributed by atoms with Crippen LogP contribution in [-0.2, 0) is 32.6 Å². The number of rotatable bonds is 7. The molecular weight excluding hydrogens is 402 g/mol. The van der Waals surface area contributed by atoms with E-state index in [0.29, 0.717) is 18.8 Å². The van der Waals surface area contributed by atoms with E-state index in [4.69, 9.17) is 0 Å². The molecule has 0 saturated carbocycles. The van der Waals surface area contributed by atoms with Crippen molar-refractivity contribution in [2.45, 2.75) is 44.0 Å². The minimum atomic E-state index is -3.49. The normalized spacial score (nSPS) is 14.8. The molecule has 3 rings (SSSR count). The minimum absolute atomic E-state index is 0.148. The summed E-state index contributed by atoms with van der Waals surface area (Å²) in [5.41, 5.74) is 2.24. The Morgan fingerprint density at radius 3 is 2.33 bits per heavy atom. The molecule has 0 radical (unpaired) electrons. The van der Waals surface area contributed by atoms with Crippen LogP contribution in [0.4, 0.5) is 5.69 Å². The Bertz CT molecular complexity index is 997. The van der Waals surface area contributed by atoms with E-state index in [1.807, 2.05) is 0 Å². The van der Waals surface area contributed by atoms with Gasteiger partial charge in [-0.2, -0.15) is 4.31 Å². The van der Waals surface area contributed by atoms with Crippen LogP contribution in [0.3, 0.4) is 0 Å². The maximum absolute atomic E-state index is 12.8. The molecule has 2 aromatic rings. The molecule has 1 aliphatic heterocycles. The Balaban J connectivity index is 1.57. The first-order valence-corrected chi connectivity index (χ1v) is 11.5. The van der Waals surface area contributed by atoms with Gasteiger partial charge in [-0.05, 0) is 48.2 Å². The molecular formula is C22H27N3O4S. The zero-order valence-electron chi connectivity index (χ0n) is 17.1. The Morgan fingerprint density at radius 1 is 0.967 bits per heavy atom. The second-order valence-corrected chi connectivity index (χ2v) is 9.38. The van der Waals surface area contributed by atoms with Crippen molar-refractivity contribution >= 4 is 27.5 Å². The van der Waals surface area contributed by atoms with Crippen LogP contribution in [0.1, 0.15) is 37.3 Å². The number of carbonyl (C=O) groups excluding carboxylic acids is 2. The van der Waals surface area contributed by atoms with Crippen molar-refractivity contribution in [1.82, 2.24) is 9.62 Å². The topological polar surface area (TPSA) is 95.6 Å². The highest BCUT2D eigenvalue weighted by atomic mass is 32.2. The summed E-state index contributed by atoms with van der Waals surface area (Å²) in [6, 6.07) is 13.8. The van der Waals surface area contributed by atoms with E-state index in [0.717, 1.165) is 30.4 Å². The number of piperidine rings is 1. The third-order valence-electron chi connectivity index (χ3n) is 4.98. The molecule has 7 nitrogen and oxygen atoms in total. The van der Waals surface area contributed by atoms with Gasteiger partial charge in [0.2, 0.25) is 21.8 Å². The van der Waals surface area contributed by atoms with Crippen molar-refractivity contribution in [3.8, 4) is 0 Å². The fraction of sp³-hybridized carbons (Fsp3) is 0.364. The van der Waals surface area contributed by atoms with Gasteiger partial charge >= 0.3 is 0 Å². The molecule has 0 aromatic heterocycles. The van der Waals surface area contributed by atoms with Gasteiger partial charge < -0.3 is 10.6 Å². The predicted octanol–water partition coefficient (Wildman–Crippen LogP) is 2.68. The zero-order valence-corrected chi connectivity index (χ0v) is 17.9. The molecule has 1 aliphatic rings. The van der Waals surface area contributed by atoms with Crippen LogP contribution in [0, 0.1) is 0 Å². The van der Waals surface area contributed by atoms with Crippen LogP contribution in [0.5, 0.6) is 0 Å². The van der Waals surface area contributed by atoms with Crippen molar-refractivity contribution in [2.24, 2.45) is 0 Å². The molecule has 0 bridgehead atoms. The van der Waals surface area contributed by atoms with E-state index in [9.17, 15) is 18.0 Å². The van der Waals surface area contributed by atoms with Gasteiger partial charge in [-0.15, -0.1) is 0 Å². The number of amides is 2. The van der Waals surface area contributed by atoms with E-state index < -0.39 is 10.0 Å². The monoisotopic (exact) mass is 429 g/mol. The molecule has 1 heterocycles. The van der Waals surface area contributed by atoms with E-state index in [1.165, 1.54) is 6.92 Å². The second kappa shape index (κ2) is 9.86. The van der Waals surface area contributed by atoms with Crippen LogP contribution in [0.2, 0.25) is 0 Å². The van der Waals surface area contributed by atoms with Gasteiger partial charge in [0.25, 0.3) is 0 Å². The lowest BCUT2D eigenvalue weighted by atomic mass is 10.1. The average Bonchev–Trinajstić information content (AvgIpc) is 2.74. The largest absolute Gasteiger partial charge is 0.352 e. The summed E-state index contributed by atoms with van der Waals surface area (Å²) in [7, 11) is -3.49. The summed E-state index contributed by atoms with van der Waals surface area (Å²) >= 11 is 0. The third kappa shape index (κ3) is 5.90. The molecule has 0 aliphatic carbocycles. The standard InChI is InChI=1S/C22H27N3O4S/c1-17(26)24-20-10-8-18(9-11-20)15-22(27)23-16-19-6-5-7-21(14-19)30(28,29)25-12-3-2-4-13-25/h5-11,14H,2-4,12-13,15-16H2,1H3,(H,23,27)(H,24,26). The van der Waals surface area contributed by atoms with Crippen LogP contribution in [0.15, 0.2) is 53.4 Å². The lowest BCUT2D eigenvalue weighted by Gasteiger charge is -2.26. The Morgan fingerprint density at radius 2 is 1.67 bits per heavy atom. The minimum Gasteiger partial charge on any atom is -0.352 e. The summed E-state index contributed by atoms with van der Waals surface area (Å²) in [4.78, 5) is 23.6. The summed E-state index contributed by atoms with van der Waals surface area (Å²) in [5, 5.41) is 5.52. The summed E-state index contributed by atoms with van der Waals surface area (Å²) in [6.45, 7) is 2.81. The maximum Gasteiger partial charge on any atom is 0.243 e. The van der Waals surface area contributed by atoms with E-state index >= 15 is 0 Å². The van der Waals surface area contributed by atoms with E-state index in [1.54, 1.807) is 52.8 Å². The van der Waals surface area contributed by atoms with Gasteiger partial charge in [-0.3, -0.25) is 9.59 Å². The van der Waals surface area contributed by atoms with E-state index in [2.05, 4.69) is 10.6 Å². The number of hydrogen-bond donors (Lipinski definition) is 2. The molecule has 0 unspecified atom stereocenters. The summed E-state index contributed by atoms with van der Waals surface area (Å²) < 4.78 is 27.2. The van der Waals surface area contributed by atoms with Crippen molar-refractivity contribution in [3.63, 3.8) is 0 Å². The number of carbonyl (C=O) groups is 2. The van der Waals surface area contributed by atoms with Crippen molar-refractivity contribution in [3.05, 3.63) is 59.7 Å². The Labute approximate surface area is 177 Å². The maximum atomic E-state index is 12.8. The quantitative estimate of drug-likeness (QED) is 0.707. The van der Waals surface area contributed by atoms with Crippen LogP contribution in [-0.4, -0.2) is 37.6 Å². The number of anilines is 1. The van der Waals surface area contributed by atoms with Crippen LogP contribution in [0.25, 0.3) is 0 Å². The molecule has 2 N–H and O–H groups in total. The van der Waals surface area contributed by atoms with Gasteiger partial charge in [0, 0.05) is 32.2 Å². The molecule has 2 amide bonds. The second-order valence-electron chi connectivity index (χ2n) is 7.44. The highest BCUT2D eigenvalue weighted by Crippen LogP contribution is 2.21. The number of hydrogen-bond acceptors (Lipinski definition) is 4. The third-order valence-corrected chi connectivity index (χ3v) is 6.87. The molecule has 1 fully saturated rings. The Kier molecular flexibility index (Phi) is 7.23. The first-order valence-electron chi connectivity index (χ1n) is 10.1. The van der Waals surface area contributed by atoms with Crippen molar-refractivity contribution < 1.29 is 18.0 Å². The highest BCUT2D eigenvalue weighted by molar-refractivity contribution is 7.89. The fourth-order valence-corrected chi connectivity index (χ4v) is 5.02. The van der Waals surface area contributed by atoms with Crippen LogP contribution < -0.4 is 10.6 Å². The predicted molar refractivity (Wildman–Crippen MR) is 115 cm³/mol. The van der Waals surface area contributed by atoms with Gasteiger partial charge in [-0.25, -0.2) is 8.42 Å². The first-order chi connectivity index (χ1) is 14.3. The van der Waals surface area contributed by atoms with Gasteiger partial charge in [0.1, 0.15) is 0 Å². The summed E-state index contributed by atoms with van der Waals surface area (Å²) in [5.74, 6) is -0.309.